The summed E-state index contributed by atoms with van der Waals surface area (Å²) in [6.45, 7) is 27.5. The highest BCUT2D eigenvalue weighted by atomic mass is 32.3. The van der Waals surface area contributed by atoms with Crippen molar-refractivity contribution >= 4 is 22.2 Å². The molecule has 4 aromatic carbocycles. The molecule has 51 heavy (non-hydrogen) atoms. The van der Waals surface area contributed by atoms with E-state index in [0.29, 0.717) is 10.5 Å². The van der Waals surface area contributed by atoms with Gasteiger partial charge in [0, 0.05) is 32.8 Å². The zero-order valence-electron chi connectivity index (χ0n) is 34.2. The highest BCUT2D eigenvalue weighted by Crippen LogP contribution is 2.73. The van der Waals surface area contributed by atoms with Crippen molar-refractivity contribution in [3.05, 3.63) is 115 Å². The summed E-state index contributed by atoms with van der Waals surface area (Å²) < 4.78 is 12.8. The zero-order valence-corrected chi connectivity index (χ0v) is 35.0. The van der Waals surface area contributed by atoms with Crippen molar-refractivity contribution in [2.24, 2.45) is 0 Å². The van der Waals surface area contributed by atoms with Gasteiger partial charge in [-0.1, -0.05) is 123 Å². The van der Waals surface area contributed by atoms with Gasteiger partial charge in [-0.15, -0.1) is 0 Å². The van der Waals surface area contributed by atoms with Crippen molar-refractivity contribution in [2.75, 3.05) is 26.7 Å². The molecule has 0 aromatic heterocycles. The molecule has 0 heterocycles. The summed E-state index contributed by atoms with van der Waals surface area (Å²) in [4.78, 5) is 0. The predicted molar refractivity (Wildman–Crippen MR) is 225 cm³/mol. The molecule has 0 spiro atoms. The molecule has 0 saturated heterocycles. The molecule has 2 aliphatic rings. The van der Waals surface area contributed by atoms with Crippen molar-refractivity contribution < 1.29 is 9.47 Å². The van der Waals surface area contributed by atoms with Gasteiger partial charge in [-0.3, -0.25) is 0 Å². The summed E-state index contributed by atoms with van der Waals surface area (Å²) in [5, 5.41) is 0.599. The van der Waals surface area contributed by atoms with Crippen LogP contribution in [0.25, 0.3) is 34.4 Å². The van der Waals surface area contributed by atoms with Crippen LogP contribution < -0.4 is 9.47 Å². The Morgan fingerprint density at radius 3 is 1.08 bits per heavy atom. The zero-order chi connectivity index (χ0) is 37.5. The van der Waals surface area contributed by atoms with Crippen LogP contribution in [0, 0.1) is 27.7 Å². The van der Waals surface area contributed by atoms with Crippen LogP contribution in [0.5, 0.6) is 11.5 Å². The van der Waals surface area contributed by atoms with E-state index in [-0.39, 0.29) is 10.8 Å². The van der Waals surface area contributed by atoms with Gasteiger partial charge in [0.15, 0.2) is 0 Å². The van der Waals surface area contributed by atoms with E-state index >= 15 is 0 Å². The molecule has 0 radical (unpaired) electrons. The topological polar surface area (TPSA) is 18.5 Å². The maximum atomic E-state index is 6.38. The average molecular weight is 701 g/mol. The molecule has 0 bridgehead atoms. The normalized spacial score (nSPS) is 17.6. The quantitative estimate of drug-likeness (QED) is 0.199. The van der Waals surface area contributed by atoms with Gasteiger partial charge < -0.3 is 9.47 Å². The van der Waals surface area contributed by atoms with Gasteiger partial charge in [-0.2, -0.15) is 0 Å². The summed E-state index contributed by atoms with van der Waals surface area (Å²) in [6, 6.07) is 18.9. The number of rotatable bonds is 6. The Labute approximate surface area is 310 Å². The van der Waals surface area contributed by atoms with Gasteiger partial charge in [0.05, 0.1) is 14.2 Å². The minimum atomic E-state index is -1.38. The van der Waals surface area contributed by atoms with Gasteiger partial charge in [-0.25, -0.2) is 10.0 Å². The Morgan fingerprint density at radius 2 is 0.804 bits per heavy atom. The number of methoxy groups -OCH3 is 2. The van der Waals surface area contributed by atoms with E-state index in [4.69, 9.17) is 9.47 Å². The highest BCUT2D eigenvalue weighted by molar-refractivity contribution is 8.33. The second-order valence-corrected chi connectivity index (χ2v) is 21.9. The van der Waals surface area contributed by atoms with Crippen LogP contribution in [-0.2, 0) is 10.8 Å². The third-order valence-corrected chi connectivity index (χ3v) is 14.8. The van der Waals surface area contributed by atoms with Crippen LogP contribution in [0.4, 0.5) is 0 Å². The Bertz CT molecular complexity index is 1930. The maximum Gasteiger partial charge on any atom is 0.131 e. The third kappa shape index (κ3) is 6.28. The Kier molecular flexibility index (Phi) is 9.28. The first kappa shape index (κ1) is 37.1. The number of benzene rings is 4. The van der Waals surface area contributed by atoms with Crippen molar-refractivity contribution in [1.29, 1.82) is 0 Å². The largest absolute Gasteiger partial charge is 0.496 e. The lowest BCUT2D eigenvalue weighted by molar-refractivity contribution is 0.399. The fraction of sp³-hybridized carbons (Fsp3) is 0.417. The van der Waals surface area contributed by atoms with Crippen molar-refractivity contribution in [1.82, 2.24) is 0 Å². The van der Waals surface area contributed by atoms with Crippen molar-refractivity contribution in [2.45, 2.75) is 104 Å². The second kappa shape index (κ2) is 12.8. The first-order chi connectivity index (χ1) is 23.7. The summed E-state index contributed by atoms with van der Waals surface area (Å²) >= 11 is 0. The van der Waals surface area contributed by atoms with Crippen LogP contribution in [0.15, 0.2) is 59.7 Å². The molecule has 3 heteroatoms. The molecule has 2 aliphatic carbocycles. The lowest BCUT2D eigenvalue weighted by Gasteiger charge is -2.46. The SMILES string of the molecule is COc1c(C(C)(C)C)cc2c(c1-c1cc(C)cc(C)c1)C=C(C)C2S(C)(C)C1C(C)=Cc2c1cc(C(C)(C)C)c(OC)c2-c1cc(C)cc(C)c1. The molecular weight excluding hydrogens is 641 g/mol. The lowest BCUT2D eigenvalue weighted by Crippen LogP contribution is -2.20. The summed E-state index contributed by atoms with van der Waals surface area (Å²) in [5.74, 6) is 2.01. The van der Waals surface area contributed by atoms with E-state index in [2.05, 4.69) is 156 Å². The van der Waals surface area contributed by atoms with E-state index in [1.807, 2.05) is 14.2 Å². The highest BCUT2D eigenvalue weighted by Gasteiger charge is 2.45. The minimum Gasteiger partial charge on any atom is -0.496 e. The molecule has 0 N–H and O–H groups in total. The molecule has 0 saturated carbocycles. The first-order valence-electron chi connectivity index (χ1n) is 18.4. The molecule has 0 fully saturated rings. The molecule has 0 aliphatic heterocycles. The monoisotopic (exact) mass is 700 g/mol. The van der Waals surface area contributed by atoms with Crippen LogP contribution in [0.3, 0.4) is 0 Å². The van der Waals surface area contributed by atoms with Crippen LogP contribution >= 0.6 is 10.0 Å². The van der Waals surface area contributed by atoms with Gasteiger partial charge in [0.2, 0.25) is 0 Å². The lowest BCUT2D eigenvalue weighted by atomic mass is 9.81. The average Bonchev–Trinajstić information content (AvgIpc) is 3.52. The summed E-state index contributed by atoms with van der Waals surface area (Å²) in [5.41, 5.74) is 20.9. The Hall–Kier alpha value is -3.69. The summed E-state index contributed by atoms with van der Waals surface area (Å²) in [6.07, 6.45) is 10.2. The molecular formula is C48H60O2S. The van der Waals surface area contributed by atoms with Crippen LogP contribution in [-0.4, -0.2) is 26.7 Å². The third-order valence-electron chi connectivity index (χ3n) is 11.1. The fourth-order valence-corrected chi connectivity index (χ4v) is 13.4. The number of ether oxygens (including phenoxy) is 2. The molecule has 0 amide bonds. The molecule has 2 unspecified atom stereocenters. The fourth-order valence-electron chi connectivity index (χ4n) is 9.34. The van der Waals surface area contributed by atoms with Gasteiger partial charge in [0.25, 0.3) is 0 Å². The molecule has 2 atom stereocenters. The van der Waals surface area contributed by atoms with Gasteiger partial charge >= 0.3 is 0 Å². The maximum absolute atomic E-state index is 6.38. The van der Waals surface area contributed by atoms with E-state index < -0.39 is 10.0 Å². The van der Waals surface area contributed by atoms with Gasteiger partial charge in [0.1, 0.15) is 11.5 Å². The van der Waals surface area contributed by atoms with E-state index in [9.17, 15) is 0 Å². The number of hydrogen-bond donors (Lipinski definition) is 0. The second-order valence-electron chi connectivity index (χ2n) is 17.9. The predicted octanol–water partition coefficient (Wildman–Crippen LogP) is 13.5. The van der Waals surface area contributed by atoms with E-state index in [1.165, 1.54) is 89.0 Å². The molecule has 270 valence electrons. The van der Waals surface area contributed by atoms with E-state index in [1.54, 1.807) is 0 Å². The number of fused-ring (bicyclic) bond motifs is 2. The first-order valence-corrected chi connectivity index (χ1v) is 21.0. The van der Waals surface area contributed by atoms with Crippen molar-refractivity contribution in [3.8, 4) is 33.8 Å². The van der Waals surface area contributed by atoms with Gasteiger partial charge in [-0.05, 0) is 110 Å². The molecule has 6 rings (SSSR count). The summed E-state index contributed by atoms with van der Waals surface area (Å²) in [7, 11) is 2.32. The number of aryl methyl sites for hydroxylation is 4. The van der Waals surface area contributed by atoms with Crippen LogP contribution in [0.1, 0.15) is 122 Å². The standard InChI is InChI=1S/C48H60O2S/c1-27-17-28(2)20-33(19-27)41-35-23-31(5)45(37(35)25-39(43(41)49-13)47(7,8)9)51(15,16)46-32(6)24-36-38(46)26-40(48(10,11)12)44(50-14)42(36)34-21-29(3)18-30(4)22-34/h17-26,45-46H,1-16H3. The minimum absolute atomic E-state index is 0.0939. The van der Waals surface area contributed by atoms with Crippen LogP contribution in [0.2, 0.25) is 0 Å². The van der Waals surface area contributed by atoms with Crippen molar-refractivity contribution in [3.63, 3.8) is 0 Å². The Balaban J connectivity index is 1.63. The smallest absolute Gasteiger partial charge is 0.131 e. The molecule has 4 aromatic rings. The van der Waals surface area contributed by atoms with E-state index in [0.717, 1.165) is 11.5 Å². The number of hydrogen-bond acceptors (Lipinski definition) is 2. The Morgan fingerprint density at radius 1 is 0.490 bits per heavy atom. The molecule has 2 nitrogen and oxygen atoms in total.